The number of aromatic carboxylic acids is 1. The molecule has 0 saturated carbocycles. The van der Waals surface area contributed by atoms with Crippen LogP contribution in [0.5, 0.6) is 11.5 Å². The van der Waals surface area contributed by atoms with Gasteiger partial charge in [0.25, 0.3) is 0 Å². The van der Waals surface area contributed by atoms with E-state index < -0.39 is 64.1 Å². The van der Waals surface area contributed by atoms with Gasteiger partial charge in [-0.3, -0.25) is 4.79 Å². The lowest BCUT2D eigenvalue weighted by Crippen LogP contribution is -2.63. The van der Waals surface area contributed by atoms with Crippen LogP contribution < -0.4 is 14.8 Å². The number of hydrogen-bond donors (Lipinski definition) is 6. The minimum Gasteiger partial charge on any atom is -0.478 e. The van der Waals surface area contributed by atoms with Crippen LogP contribution in [0.2, 0.25) is 0 Å². The standard InChI is InChI=1S/C25H32N2O11S/c1-3-4-10-26-17-11-15(25(32)33)12-19(23(17)37-16-8-6-5-7-9-16)39(34,35)27-24-22(31)21(30)20(29)18(38-24)13-36-14(2)28/h5-9,11-12,18,20-22,24,26-27,29-31H,3-4,10,13H2,1-2H3,(H,32,33)/t18-,20-,21+,22-,24?/m1/s1. The zero-order valence-corrected chi connectivity index (χ0v) is 22.1. The van der Waals surface area contributed by atoms with Crippen LogP contribution in [-0.4, -0.2) is 84.6 Å². The number of hydrogen-bond acceptors (Lipinski definition) is 11. The van der Waals surface area contributed by atoms with Crippen LogP contribution in [0.3, 0.4) is 0 Å². The van der Waals surface area contributed by atoms with Crippen molar-refractivity contribution in [2.45, 2.75) is 62.2 Å². The molecule has 13 nitrogen and oxygen atoms in total. The summed E-state index contributed by atoms with van der Waals surface area (Å²) < 4.78 is 45.5. The Balaban J connectivity index is 2.04. The third kappa shape index (κ3) is 7.65. The first kappa shape index (κ1) is 30.3. The number of para-hydroxylation sites is 1. The second kappa shape index (κ2) is 13.2. The van der Waals surface area contributed by atoms with Gasteiger partial charge in [-0.15, -0.1) is 0 Å². The van der Waals surface area contributed by atoms with E-state index in [2.05, 4.69) is 10.0 Å². The zero-order chi connectivity index (χ0) is 28.7. The Labute approximate surface area is 225 Å². The number of rotatable bonds is 12. The molecule has 1 saturated heterocycles. The Bertz CT molecular complexity index is 1260. The fourth-order valence-corrected chi connectivity index (χ4v) is 5.08. The van der Waals surface area contributed by atoms with Gasteiger partial charge in [0.15, 0.2) is 12.0 Å². The molecule has 1 fully saturated rings. The van der Waals surface area contributed by atoms with Crippen LogP contribution in [-0.2, 0) is 24.3 Å². The second-order valence-electron chi connectivity index (χ2n) is 8.84. The number of benzene rings is 2. The highest BCUT2D eigenvalue weighted by Gasteiger charge is 2.46. The molecular weight excluding hydrogens is 536 g/mol. The molecule has 3 rings (SSSR count). The molecule has 1 aliphatic rings. The van der Waals surface area contributed by atoms with E-state index in [1.54, 1.807) is 30.3 Å². The topological polar surface area (TPSA) is 201 Å². The minimum absolute atomic E-state index is 0.0980. The summed E-state index contributed by atoms with van der Waals surface area (Å²) in [5.41, 5.74) is -0.260. The van der Waals surface area contributed by atoms with Crippen LogP contribution >= 0.6 is 0 Å². The van der Waals surface area contributed by atoms with E-state index >= 15 is 0 Å². The molecule has 0 amide bonds. The molecule has 1 heterocycles. The molecular formula is C25H32N2O11S. The SMILES string of the molecule is CCCCNc1cc(C(=O)O)cc(S(=O)(=O)NC2O[C@H](COC(C)=O)[C@@H](O)[C@H](O)[C@H]2O)c1Oc1ccccc1. The van der Waals surface area contributed by atoms with Gasteiger partial charge in [0.2, 0.25) is 10.0 Å². The van der Waals surface area contributed by atoms with Gasteiger partial charge >= 0.3 is 11.9 Å². The van der Waals surface area contributed by atoms with Gasteiger partial charge in [0, 0.05) is 13.5 Å². The molecule has 6 N–H and O–H groups in total. The molecule has 1 aliphatic heterocycles. The van der Waals surface area contributed by atoms with E-state index in [9.17, 15) is 38.4 Å². The van der Waals surface area contributed by atoms with Gasteiger partial charge in [-0.1, -0.05) is 31.5 Å². The maximum absolute atomic E-state index is 13.6. The van der Waals surface area contributed by atoms with Crippen LogP contribution in [0.4, 0.5) is 5.69 Å². The Hall–Kier alpha value is -3.27. The fourth-order valence-electron chi connectivity index (χ4n) is 3.77. The summed E-state index contributed by atoms with van der Waals surface area (Å²) in [6.07, 6.45) is -7.14. The van der Waals surface area contributed by atoms with Crippen molar-refractivity contribution in [1.29, 1.82) is 0 Å². The Morgan fingerprint density at radius 3 is 2.36 bits per heavy atom. The van der Waals surface area contributed by atoms with Crippen molar-refractivity contribution in [2.24, 2.45) is 0 Å². The second-order valence-corrected chi connectivity index (χ2v) is 10.5. The van der Waals surface area contributed by atoms with E-state index in [1.807, 2.05) is 6.92 Å². The van der Waals surface area contributed by atoms with Crippen molar-refractivity contribution < 1.29 is 52.6 Å². The van der Waals surface area contributed by atoms with Crippen molar-refractivity contribution in [3.05, 3.63) is 48.0 Å². The van der Waals surface area contributed by atoms with Gasteiger partial charge in [0.1, 0.15) is 41.7 Å². The summed E-state index contributed by atoms with van der Waals surface area (Å²) in [6.45, 7) is 2.92. The summed E-state index contributed by atoms with van der Waals surface area (Å²) >= 11 is 0. The molecule has 0 aromatic heterocycles. The number of nitrogens with one attached hydrogen (secondary N) is 2. The van der Waals surface area contributed by atoms with Crippen molar-refractivity contribution in [2.75, 3.05) is 18.5 Å². The molecule has 0 spiro atoms. The highest BCUT2D eigenvalue weighted by molar-refractivity contribution is 7.89. The minimum atomic E-state index is -4.71. The lowest BCUT2D eigenvalue weighted by Gasteiger charge is -2.40. The Morgan fingerprint density at radius 1 is 1.05 bits per heavy atom. The summed E-state index contributed by atoms with van der Waals surface area (Å²) in [4.78, 5) is 22.5. The van der Waals surface area contributed by atoms with Crippen molar-refractivity contribution in [3.8, 4) is 11.5 Å². The molecule has 214 valence electrons. The molecule has 14 heteroatoms. The van der Waals surface area contributed by atoms with E-state index in [0.717, 1.165) is 19.4 Å². The number of unbranched alkanes of at least 4 members (excludes halogenated alkanes) is 1. The van der Waals surface area contributed by atoms with Gasteiger partial charge < -0.3 is 40.0 Å². The Morgan fingerprint density at radius 2 is 1.74 bits per heavy atom. The summed E-state index contributed by atoms with van der Waals surface area (Å²) in [6, 6.07) is 10.4. The third-order valence-electron chi connectivity index (χ3n) is 5.83. The van der Waals surface area contributed by atoms with Crippen molar-refractivity contribution in [3.63, 3.8) is 0 Å². The number of carbonyl (C=O) groups excluding carboxylic acids is 1. The number of sulfonamides is 1. The lowest BCUT2D eigenvalue weighted by atomic mass is 9.99. The average molecular weight is 569 g/mol. The number of carboxylic acids is 1. The first-order valence-electron chi connectivity index (χ1n) is 12.2. The van der Waals surface area contributed by atoms with E-state index in [1.165, 1.54) is 6.07 Å². The number of ether oxygens (including phenoxy) is 3. The fraction of sp³-hybridized carbons (Fsp3) is 0.440. The lowest BCUT2D eigenvalue weighted by molar-refractivity contribution is -0.234. The first-order valence-corrected chi connectivity index (χ1v) is 13.7. The quantitative estimate of drug-likeness (QED) is 0.157. The average Bonchev–Trinajstić information content (AvgIpc) is 2.89. The number of carboxylic acid groups (broad SMARTS) is 1. The zero-order valence-electron chi connectivity index (χ0n) is 21.3. The van der Waals surface area contributed by atoms with Crippen LogP contribution in [0, 0.1) is 0 Å². The first-order chi connectivity index (χ1) is 18.4. The molecule has 0 aliphatic carbocycles. The number of carbonyl (C=O) groups is 2. The monoisotopic (exact) mass is 568 g/mol. The molecule has 2 aromatic carbocycles. The van der Waals surface area contributed by atoms with Gasteiger partial charge in [-0.25, -0.2) is 13.2 Å². The summed E-state index contributed by atoms with van der Waals surface area (Å²) in [7, 11) is -4.71. The predicted molar refractivity (Wildman–Crippen MR) is 137 cm³/mol. The van der Waals surface area contributed by atoms with Gasteiger partial charge in [-0.05, 0) is 30.7 Å². The van der Waals surface area contributed by atoms with E-state index in [-0.39, 0.29) is 22.7 Å². The van der Waals surface area contributed by atoms with Crippen LogP contribution in [0.15, 0.2) is 47.4 Å². The third-order valence-corrected chi connectivity index (χ3v) is 7.26. The molecule has 2 aromatic rings. The van der Waals surface area contributed by atoms with Crippen LogP contribution in [0.1, 0.15) is 37.0 Å². The molecule has 39 heavy (non-hydrogen) atoms. The number of aliphatic hydroxyl groups excluding tert-OH is 3. The summed E-state index contributed by atoms with van der Waals surface area (Å²) in [5, 5.41) is 43.6. The van der Waals surface area contributed by atoms with Crippen molar-refractivity contribution in [1.82, 2.24) is 4.72 Å². The largest absolute Gasteiger partial charge is 0.478 e. The molecule has 5 atom stereocenters. The highest BCUT2D eigenvalue weighted by atomic mass is 32.2. The highest BCUT2D eigenvalue weighted by Crippen LogP contribution is 2.38. The molecule has 1 unspecified atom stereocenters. The van der Waals surface area contributed by atoms with Crippen molar-refractivity contribution >= 4 is 27.6 Å². The van der Waals surface area contributed by atoms with E-state index in [0.29, 0.717) is 13.0 Å². The molecule has 0 radical (unpaired) electrons. The van der Waals surface area contributed by atoms with E-state index in [4.69, 9.17) is 14.2 Å². The molecule has 0 bridgehead atoms. The maximum atomic E-state index is 13.6. The maximum Gasteiger partial charge on any atom is 0.335 e. The summed E-state index contributed by atoms with van der Waals surface area (Å²) in [5.74, 6) is -2.05. The number of esters is 1. The van der Waals surface area contributed by atoms with Gasteiger partial charge in [-0.2, -0.15) is 4.72 Å². The normalized spacial score (nSPS) is 23.2. The predicted octanol–water partition coefficient (Wildman–Crippen LogP) is 1.04. The number of anilines is 1. The Kier molecular flexibility index (Phi) is 10.2. The smallest absolute Gasteiger partial charge is 0.335 e. The number of aliphatic hydroxyl groups is 3. The van der Waals surface area contributed by atoms with Crippen LogP contribution in [0.25, 0.3) is 0 Å². The van der Waals surface area contributed by atoms with Gasteiger partial charge in [0.05, 0.1) is 11.3 Å².